The van der Waals surface area contributed by atoms with E-state index >= 15 is 0 Å². The maximum Gasteiger partial charge on any atom is 0.226 e. The summed E-state index contributed by atoms with van der Waals surface area (Å²) >= 11 is 0. The molecule has 1 amide bonds. The lowest BCUT2D eigenvalue weighted by molar-refractivity contribution is -0.138. The fourth-order valence-corrected chi connectivity index (χ4v) is 7.27. The van der Waals surface area contributed by atoms with Crippen molar-refractivity contribution in [3.05, 3.63) is 29.3 Å². The average molecular weight is 514 g/mol. The highest BCUT2D eigenvalue weighted by molar-refractivity contribution is 5.83. The fourth-order valence-electron chi connectivity index (χ4n) is 7.27. The summed E-state index contributed by atoms with van der Waals surface area (Å²) in [4.78, 5) is 13.5. The first kappa shape index (κ1) is 30.0. The van der Waals surface area contributed by atoms with Crippen LogP contribution in [0.2, 0.25) is 0 Å². The molecule has 2 aliphatic carbocycles. The van der Waals surface area contributed by atoms with E-state index in [0.717, 1.165) is 64.7 Å². The Morgan fingerprint density at radius 2 is 1.57 bits per heavy atom. The van der Waals surface area contributed by atoms with Gasteiger partial charge in [0.2, 0.25) is 5.91 Å². The summed E-state index contributed by atoms with van der Waals surface area (Å²) in [6.07, 6.45) is 19.4. The van der Waals surface area contributed by atoms with E-state index < -0.39 is 0 Å². The zero-order valence-electron chi connectivity index (χ0n) is 23.9. The Hall–Kier alpha value is -1.59. The molecule has 0 aliphatic heterocycles. The van der Waals surface area contributed by atoms with E-state index in [1.165, 1.54) is 75.3 Å². The highest BCUT2D eigenvalue weighted by Crippen LogP contribution is 2.57. The number of benzene rings is 1. The monoisotopic (exact) mass is 513 g/mol. The van der Waals surface area contributed by atoms with Crippen molar-refractivity contribution >= 4 is 5.91 Å². The summed E-state index contributed by atoms with van der Waals surface area (Å²) < 4.78 is 0. The van der Waals surface area contributed by atoms with Crippen LogP contribution in [0.5, 0.6) is 5.75 Å². The van der Waals surface area contributed by atoms with Gasteiger partial charge in [-0.2, -0.15) is 0 Å². The highest BCUT2D eigenvalue weighted by atomic mass is 16.3. The average Bonchev–Trinajstić information content (AvgIpc) is 2.88. The van der Waals surface area contributed by atoms with Crippen LogP contribution in [0.1, 0.15) is 121 Å². The maximum atomic E-state index is 13.5. The van der Waals surface area contributed by atoms with E-state index in [4.69, 9.17) is 5.73 Å². The molecule has 5 nitrogen and oxygen atoms in total. The molecule has 0 bridgehead atoms. The number of nitrogens with two attached hydrogens (primary N) is 1. The van der Waals surface area contributed by atoms with Gasteiger partial charge in [0.05, 0.1) is 5.41 Å². The Balaban J connectivity index is 1.28. The molecule has 0 unspecified atom stereocenters. The summed E-state index contributed by atoms with van der Waals surface area (Å²) in [6.45, 7) is 8.15. The number of aryl methyl sites for hydroxylation is 1. The molecule has 0 heterocycles. The van der Waals surface area contributed by atoms with Crippen LogP contribution in [0.25, 0.3) is 0 Å². The van der Waals surface area contributed by atoms with Gasteiger partial charge < -0.3 is 21.5 Å². The highest BCUT2D eigenvalue weighted by Gasteiger charge is 2.54. The van der Waals surface area contributed by atoms with E-state index in [1.807, 2.05) is 6.07 Å². The normalized spacial score (nSPS) is 24.9. The van der Waals surface area contributed by atoms with Crippen molar-refractivity contribution in [2.45, 2.75) is 122 Å². The molecule has 3 atom stereocenters. The molecular formula is C32H55N3O2. The lowest BCUT2D eigenvalue weighted by Crippen LogP contribution is -2.55. The fraction of sp³-hybridized carbons (Fsp3) is 0.781. The van der Waals surface area contributed by atoms with Gasteiger partial charge in [-0.25, -0.2) is 0 Å². The molecule has 0 aromatic heterocycles. The minimum Gasteiger partial charge on any atom is -0.508 e. The van der Waals surface area contributed by atoms with Gasteiger partial charge in [0, 0.05) is 6.54 Å². The molecule has 5 N–H and O–H groups in total. The van der Waals surface area contributed by atoms with Crippen LogP contribution in [-0.4, -0.2) is 37.2 Å². The molecule has 0 spiro atoms. The van der Waals surface area contributed by atoms with Crippen LogP contribution in [0.4, 0.5) is 0 Å². The molecular weight excluding hydrogens is 458 g/mol. The number of aromatic hydroxyl groups is 1. The van der Waals surface area contributed by atoms with E-state index in [1.54, 1.807) is 6.07 Å². The van der Waals surface area contributed by atoms with Crippen LogP contribution in [0, 0.1) is 11.3 Å². The minimum atomic E-state index is -0.339. The van der Waals surface area contributed by atoms with Crippen molar-refractivity contribution in [3.8, 4) is 5.75 Å². The Kier molecular flexibility index (Phi) is 12.2. The van der Waals surface area contributed by atoms with Crippen molar-refractivity contribution in [1.82, 2.24) is 10.6 Å². The topological polar surface area (TPSA) is 87.4 Å². The van der Waals surface area contributed by atoms with Crippen LogP contribution in [0.15, 0.2) is 18.2 Å². The molecule has 1 fully saturated rings. The first-order valence-corrected chi connectivity index (χ1v) is 15.4. The van der Waals surface area contributed by atoms with Gasteiger partial charge in [-0.15, -0.1) is 0 Å². The minimum absolute atomic E-state index is 0.0390. The molecule has 37 heavy (non-hydrogen) atoms. The number of unbranched alkanes of at least 4 members (excludes halogenated alkanes) is 9. The number of carbonyl (C=O) groups excluding carboxylic acids is 1. The van der Waals surface area contributed by atoms with Gasteiger partial charge in [0.1, 0.15) is 5.75 Å². The summed E-state index contributed by atoms with van der Waals surface area (Å²) in [5.74, 6) is 0.887. The van der Waals surface area contributed by atoms with E-state index in [9.17, 15) is 9.90 Å². The van der Waals surface area contributed by atoms with Crippen molar-refractivity contribution in [3.63, 3.8) is 0 Å². The van der Waals surface area contributed by atoms with Crippen LogP contribution < -0.4 is 16.4 Å². The Bertz CT molecular complexity index is 828. The molecule has 0 radical (unpaired) electrons. The Labute approximate surface area is 226 Å². The lowest BCUT2D eigenvalue weighted by Gasteiger charge is -2.54. The SMILES string of the molecule is C[C@]1(C(=O)NCCCNCCCCCCCCCCCCN)CCC[C@]2(C)c3cc(O)ccc3CC[C@@H]12. The van der Waals surface area contributed by atoms with E-state index in [2.05, 4.69) is 30.5 Å². The van der Waals surface area contributed by atoms with Gasteiger partial charge in [-0.05, 0) is 99.2 Å². The van der Waals surface area contributed by atoms with Crippen molar-refractivity contribution < 1.29 is 9.90 Å². The van der Waals surface area contributed by atoms with Gasteiger partial charge >= 0.3 is 0 Å². The molecule has 3 rings (SSSR count). The number of phenolic OH excluding ortho intramolecular Hbond substituents is 1. The van der Waals surface area contributed by atoms with Crippen LogP contribution in [0.3, 0.4) is 0 Å². The molecule has 5 heteroatoms. The third-order valence-electron chi connectivity index (χ3n) is 9.48. The summed E-state index contributed by atoms with van der Waals surface area (Å²) in [6, 6.07) is 5.85. The second-order valence-electron chi connectivity index (χ2n) is 12.3. The van der Waals surface area contributed by atoms with Crippen molar-refractivity contribution in [1.29, 1.82) is 0 Å². The predicted molar refractivity (Wildman–Crippen MR) is 155 cm³/mol. The van der Waals surface area contributed by atoms with Gasteiger partial charge in [-0.3, -0.25) is 4.79 Å². The number of hydrogen-bond acceptors (Lipinski definition) is 4. The molecule has 1 saturated carbocycles. The molecule has 2 aliphatic rings. The second kappa shape index (κ2) is 15.1. The number of phenols is 1. The number of carbonyl (C=O) groups is 1. The zero-order valence-corrected chi connectivity index (χ0v) is 23.9. The number of amides is 1. The predicted octanol–water partition coefficient (Wildman–Crippen LogP) is 6.36. The van der Waals surface area contributed by atoms with Crippen LogP contribution in [-0.2, 0) is 16.6 Å². The quantitative estimate of drug-likeness (QED) is 0.183. The van der Waals surface area contributed by atoms with E-state index in [-0.39, 0.29) is 16.7 Å². The third-order valence-corrected chi connectivity index (χ3v) is 9.48. The Morgan fingerprint density at radius 3 is 2.27 bits per heavy atom. The summed E-state index contributed by atoms with van der Waals surface area (Å²) in [7, 11) is 0. The second-order valence-corrected chi connectivity index (χ2v) is 12.3. The molecule has 0 saturated heterocycles. The zero-order chi connectivity index (χ0) is 26.6. The number of rotatable bonds is 17. The molecule has 1 aromatic carbocycles. The maximum absolute atomic E-state index is 13.5. The van der Waals surface area contributed by atoms with Gasteiger partial charge in [0.15, 0.2) is 0 Å². The summed E-state index contributed by atoms with van der Waals surface area (Å²) in [5, 5.41) is 17.0. The largest absolute Gasteiger partial charge is 0.508 e. The van der Waals surface area contributed by atoms with Gasteiger partial charge in [-0.1, -0.05) is 77.7 Å². The first-order valence-electron chi connectivity index (χ1n) is 15.4. The lowest BCUT2D eigenvalue weighted by atomic mass is 9.49. The summed E-state index contributed by atoms with van der Waals surface area (Å²) in [5.41, 5.74) is 7.78. The molecule has 1 aromatic rings. The van der Waals surface area contributed by atoms with E-state index in [0.29, 0.717) is 11.7 Å². The van der Waals surface area contributed by atoms with Gasteiger partial charge in [0.25, 0.3) is 0 Å². The van der Waals surface area contributed by atoms with Crippen LogP contribution >= 0.6 is 0 Å². The standard InChI is InChI=1S/C32H55N3O2/c1-31-19-13-20-32(2,29(31)18-16-26-15-17-27(36)25-28(26)31)30(37)35-24-14-23-34-22-12-10-8-6-4-3-5-7-9-11-21-33/h15,17,25,29,34,36H,3-14,16,18-24,33H2,1-2H3,(H,35,37)/t29-,31-,32+/m1/s1. The first-order chi connectivity index (χ1) is 17.9. The molecule has 210 valence electrons. The van der Waals surface area contributed by atoms with Crippen molar-refractivity contribution in [2.75, 3.05) is 26.2 Å². The number of hydrogen-bond donors (Lipinski definition) is 4. The Morgan fingerprint density at radius 1 is 0.919 bits per heavy atom. The number of nitrogens with one attached hydrogen (secondary N) is 2. The third kappa shape index (κ3) is 8.20. The number of fused-ring (bicyclic) bond motifs is 3. The van der Waals surface area contributed by atoms with Crippen molar-refractivity contribution in [2.24, 2.45) is 17.1 Å². The smallest absolute Gasteiger partial charge is 0.226 e.